The van der Waals surface area contributed by atoms with E-state index in [9.17, 15) is 4.79 Å². The molecule has 0 radical (unpaired) electrons. The Balaban J connectivity index is 0.000001000. The second-order valence-corrected chi connectivity index (χ2v) is 2.42. The molecule has 1 aromatic rings. The number of nitrogen functional groups attached to an aromatic ring is 1. The number of rotatable bonds is 1. The van der Waals surface area contributed by atoms with Gasteiger partial charge in [-0.05, 0) is 12.1 Å². The number of benzene rings is 1. The van der Waals surface area contributed by atoms with Crippen LogP contribution < -0.4 is 35.3 Å². The molecular formula is C7H7NNaOS+. The van der Waals surface area contributed by atoms with Crippen molar-refractivity contribution in [1.82, 2.24) is 0 Å². The van der Waals surface area contributed by atoms with Gasteiger partial charge in [-0.2, -0.15) is 0 Å². The summed E-state index contributed by atoms with van der Waals surface area (Å²) in [4.78, 5) is 10.9. The van der Waals surface area contributed by atoms with Gasteiger partial charge >= 0.3 is 29.6 Å². The molecule has 0 aliphatic carbocycles. The number of hydrogen-bond acceptors (Lipinski definition) is 3. The van der Waals surface area contributed by atoms with Crippen molar-refractivity contribution in [1.29, 1.82) is 0 Å². The van der Waals surface area contributed by atoms with Gasteiger partial charge < -0.3 is 5.73 Å². The van der Waals surface area contributed by atoms with Crippen molar-refractivity contribution in [2.75, 3.05) is 5.73 Å². The second kappa shape index (κ2) is 4.83. The number of carbonyl (C=O) groups is 1. The third kappa shape index (κ3) is 2.87. The van der Waals surface area contributed by atoms with Crippen LogP contribution >= 0.6 is 12.6 Å². The molecule has 0 heterocycles. The van der Waals surface area contributed by atoms with E-state index < -0.39 is 0 Å². The van der Waals surface area contributed by atoms with Gasteiger partial charge in [0.05, 0.1) is 0 Å². The van der Waals surface area contributed by atoms with Gasteiger partial charge in [-0.3, -0.25) is 4.79 Å². The molecule has 0 saturated heterocycles. The van der Waals surface area contributed by atoms with E-state index in [2.05, 4.69) is 12.6 Å². The molecule has 11 heavy (non-hydrogen) atoms. The fourth-order valence-electron chi connectivity index (χ4n) is 0.646. The molecule has 0 aromatic heterocycles. The summed E-state index contributed by atoms with van der Waals surface area (Å²) in [7, 11) is 0. The summed E-state index contributed by atoms with van der Waals surface area (Å²) in [6.45, 7) is 0. The van der Waals surface area contributed by atoms with Crippen LogP contribution in [0.15, 0.2) is 23.1 Å². The molecule has 0 aliphatic rings. The maximum atomic E-state index is 10.2. The Morgan fingerprint density at radius 2 is 2.09 bits per heavy atom. The normalized spacial score (nSPS) is 8.45. The molecule has 0 amide bonds. The number of anilines is 1. The zero-order valence-electron chi connectivity index (χ0n) is 6.24. The van der Waals surface area contributed by atoms with Crippen LogP contribution in [0.1, 0.15) is 10.4 Å². The largest absolute Gasteiger partial charge is 1.00 e. The van der Waals surface area contributed by atoms with Crippen molar-refractivity contribution < 1.29 is 34.4 Å². The summed E-state index contributed by atoms with van der Waals surface area (Å²) in [6, 6.07) is 4.96. The van der Waals surface area contributed by atoms with E-state index >= 15 is 0 Å². The fourth-order valence-corrected chi connectivity index (χ4v) is 0.785. The first kappa shape index (κ1) is 11.0. The van der Waals surface area contributed by atoms with E-state index in [1.165, 1.54) is 0 Å². The minimum absolute atomic E-state index is 0. The second-order valence-electron chi connectivity index (χ2n) is 1.94. The van der Waals surface area contributed by atoms with Crippen molar-refractivity contribution in [3.63, 3.8) is 0 Å². The average molecular weight is 176 g/mol. The van der Waals surface area contributed by atoms with Gasteiger partial charge in [0.1, 0.15) is 6.29 Å². The zero-order chi connectivity index (χ0) is 7.56. The van der Waals surface area contributed by atoms with Gasteiger partial charge in [0.15, 0.2) is 0 Å². The Hall–Kier alpha value is 0.0400. The van der Waals surface area contributed by atoms with Crippen LogP contribution in [0, 0.1) is 0 Å². The van der Waals surface area contributed by atoms with Gasteiger partial charge in [0, 0.05) is 16.1 Å². The van der Waals surface area contributed by atoms with E-state index in [0.717, 1.165) is 6.29 Å². The Kier molecular flexibility index (Phi) is 4.84. The van der Waals surface area contributed by atoms with E-state index in [0.29, 0.717) is 16.1 Å². The summed E-state index contributed by atoms with van der Waals surface area (Å²) in [5.74, 6) is 0. The van der Waals surface area contributed by atoms with Gasteiger partial charge in [-0.1, -0.05) is 6.07 Å². The van der Waals surface area contributed by atoms with E-state index in [-0.39, 0.29) is 29.6 Å². The maximum absolute atomic E-state index is 10.2. The number of hydrogen-bond donors (Lipinski definition) is 2. The molecule has 1 aromatic carbocycles. The molecule has 1 rings (SSSR count). The first-order valence-electron chi connectivity index (χ1n) is 2.77. The van der Waals surface area contributed by atoms with Crippen LogP contribution in [0.4, 0.5) is 5.69 Å². The number of aldehydes is 1. The number of carbonyl (C=O) groups excluding carboxylic acids is 1. The van der Waals surface area contributed by atoms with Crippen molar-refractivity contribution >= 4 is 24.6 Å². The molecule has 2 N–H and O–H groups in total. The monoisotopic (exact) mass is 176 g/mol. The SMILES string of the molecule is Nc1cc(C=O)ccc1S.[Na+]. The molecule has 0 spiro atoms. The summed E-state index contributed by atoms with van der Waals surface area (Å²) in [6.07, 6.45) is 0.754. The smallest absolute Gasteiger partial charge is 0.398 e. The summed E-state index contributed by atoms with van der Waals surface area (Å²) in [5, 5.41) is 0. The fraction of sp³-hybridized carbons (Fsp3) is 0. The van der Waals surface area contributed by atoms with Crippen LogP contribution in [-0.2, 0) is 0 Å². The molecule has 0 unspecified atom stereocenters. The van der Waals surface area contributed by atoms with Gasteiger partial charge in [-0.25, -0.2) is 0 Å². The van der Waals surface area contributed by atoms with E-state index in [4.69, 9.17) is 5.73 Å². The van der Waals surface area contributed by atoms with E-state index in [1.54, 1.807) is 18.2 Å². The molecule has 0 aliphatic heterocycles. The minimum Gasteiger partial charge on any atom is -0.398 e. The van der Waals surface area contributed by atoms with Crippen LogP contribution in [0.3, 0.4) is 0 Å². The maximum Gasteiger partial charge on any atom is 1.00 e. The molecule has 0 atom stereocenters. The Morgan fingerprint density at radius 1 is 1.45 bits per heavy atom. The molecule has 4 heteroatoms. The van der Waals surface area contributed by atoms with Gasteiger partial charge in [0.2, 0.25) is 0 Å². The number of nitrogens with two attached hydrogens (primary N) is 1. The molecule has 0 bridgehead atoms. The van der Waals surface area contributed by atoms with Crippen molar-refractivity contribution in [3.05, 3.63) is 23.8 Å². The van der Waals surface area contributed by atoms with Crippen LogP contribution in [-0.4, -0.2) is 6.29 Å². The van der Waals surface area contributed by atoms with Crippen molar-refractivity contribution in [2.45, 2.75) is 4.90 Å². The zero-order valence-corrected chi connectivity index (χ0v) is 9.14. The number of thiol groups is 1. The standard InChI is InChI=1S/C7H7NOS.Na/c8-6-3-5(4-9)1-2-7(6)10;/h1-4,10H,8H2;/q;+1. The Morgan fingerprint density at radius 3 is 2.55 bits per heavy atom. The molecule has 52 valence electrons. The average Bonchev–Trinajstić information content (AvgIpc) is 1.95. The van der Waals surface area contributed by atoms with Crippen LogP contribution in [0.25, 0.3) is 0 Å². The summed E-state index contributed by atoms with van der Waals surface area (Å²) in [5.41, 5.74) is 6.58. The predicted molar refractivity (Wildman–Crippen MR) is 43.5 cm³/mol. The van der Waals surface area contributed by atoms with Gasteiger partial charge in [-0.15, -0.1) is 12.6 Å². The summed E-state index contributed by atoms with van der Waals surface area (Å²) >= 11 is 4.04. The molecular weight excluding hydrogens is 169 g/mol. The Bertz CT molecular complexity index is 265. The minimum atomic E-state index is 0. The quantitative estimate of drug-likeness (QED) is 0.234. The van der Waals surface area contributed by atoms with Crippen LogP contribution in [0.5, 0.6) is 0 Å². The molecule has 0 fully saturated rings. The Labute approximate surface area is 92.9 Å². The van der Waals surface area contributed by atoms with Gasteiger partial charge in [0.25, 0.3) is 0 Å². The topological polar surface area (TPSA) is 43.1 Å². The van der Waals surface area contributed by atoms with Crippen LogP contribution in [0.2, 0.25) is 0 Å². The third-order valence-electron chi connectivity index (χ3n) is 1.19. The van der Waals surface area contributed by atoms with Crippen molar-refractivity contribution in [2.24, 2.45) is 0 Å². The summed E-state index contributed by atoms with van der Waals surface area (Å²) < 4.78 is 0. The predicted octanol–water partition coefficient (Wildman–Crippen LogP) is -1.63. The third-order valence-corrected chi connectivity index (χ3v) is 1.59. The first-order chi connectivity index (χ1) is 4.74. The molecule has 2 nitrogen and oxygen atoms in total. The molecule has 0 saturated carbocycles. The first-order valence-corrected chi connectivity index (χ1v) is 3.22. The van der Waals surface area contributed by atoms with Crippen molar-refractivity contribution in [3.8, 4) is 0 Å². The van der Waals surface area contributed by atoms with E-state index in [1.807, 2.05) is 0 Å².